The Labute approximate surface area is 205 Å². The van der Waals surface area contributed by atoms with Crippen LogP contribution in [-0.2, 0) is 12.1 Å². The second-order valence-corrected chi connectivity index (χ2v) is 9.60. The largest absolute Gasteiger partial charge is 0.487 e. The van der Waals surface area contributed by atoms with Crippen LogP contribution in [0.5, 0.6) is 5.75 Å². The third-order valence-electron chi connectivity index (χ3n) is 7.00. The van der Waals surface area contributed by atoms with Crippen molar-refractivity contribution < 1.29 is 4.74 Å². The molecule has 5 rings (SSSR count). The number of hydrogen-bond donors (Lipinski definition) is 0. The summed E-state index contributed by atoms with van der Waals surface area (Å²) in [5.41, 5.74) is 5.92. The number of benzene rings is 2. The van der Waals surface area contributed by atoms with Gasteiger partial charge in [-0.15, -0.1) is 4.91 Å². The predicted octanol–water partition coefficient (Wildman–Crippen LogP) is 6.52. The molecule has 3 heterocycles. The molecule has 0 amide bonds. The Morgan fingerprint density at radius 1 is 1.12 bits per heavy atom. The Balaban J connectivity index is 1.32. The monoisotopic (exact) mass is 473 g/mol. The molecule has 1 saturated heterocycles. The number of aryl methyl sites for hydroxylation is 1. The molecule has 34 heavy (non-hydrogen) atoms. The zero-order valence-electron chi connectivity index (χ0n) is 19.3. The smallest absolute Gasteiger partial charge is 0.131 e. The summed E-state index contributed by atoms with van der Waals surface area (Å²) in [4.78, 5) is 18.8. The molecular formula is C28H28ClN3O2. The summed E-state index contributed by atoms with van der Waals surface area (Å²) < 4.78 is 6.08. The summed E-state index contributed by atoms with van der Waals surface area (Å²) in [5, 5.41) is 4.26. The zero-order valence-corrected chi connectivity index (χ0v) is 20.1. The number of ether oxygens (including phenoxy) is 1. The molecule has 5 nitrogen and oxygen atoms in total. The minimum absolute atomic E-state index is 0.473. The van der Waals surface area contributed by atoms with E-state index in [9.17, 15) is 4.91 Å². The van der Waals surface area contributed by atoms with Gasteiger partial charge in [-0.25, -0.2) is 0 Å². The number of pyridine rings is 1. The number of likely N-dealkylation sites (tertiary alicyclic amines) is 1. The first kappa shape index (κ1) is 22.8. The van der Waals surface area contributed by atoms with Crippen molar-refractivity contribution in [2.24, 2.45) is 5.18 Å². The lowest BCUT2D eigenvalue weighted by molar-refractivity contribution is 0.164. The van der Waals surface area contributed by atoms with Crippen LogP contribution in [0.15, 0.2) is 72.0 Å². The first-order chi connectivity index (χ1) is 16.6. The number of aromatic nitrogens is 1. The first-order valence-corrected chi connectivity index (χ1v) is 12.2. The van der Waals surface area contributed by atoms with Crippen LogP contribution < -0.4 is 4.74 Å². The van der Waals surface area contributed by atoms with E-state index >= 15 is 0 Å². The summed E-state index contributed by atoms with van der Waals surface area (Å²) in [7, 11) is 0. The van der Waals surface area contributed by atoms with Crippen molar-refractivity contribution in [3.05, 3.63) is 105 Å². The van der Waals surface area contributed by atoms with Gasteiger partial charge in [0.2, 0.25) is 0 Å². The van der Waals surface area contributed by atoms with Gasteiger partial charge in [0.25, 0.3) is 0 Å². The number of halogens is 1. The molecule has 0 atom stereocenters. The minimum Gasteiger partial charge on any atom is -0.487 e. The summed E-state index contributed by atoms with van der Waals surface area (Å²) in [5.74, 6) is 0.901. The molecule has 2 aromatic carbocycles. The number of hydrogen-bond acceptors (Lipinski definition) is 5. The van der Waals surface area contributed by atoms with Crippen LogP contribution in [0.1, 0.15) is 47.2 Å². The Bertz CT molecular complexity index is 1210. The number of nitrogens with zero attached hydrogens (tertiary/aromatic N) is 3. The fourth-order valence-electron chi connectivity index (χ4n) is 5.02. The molecule has 0 bridgehead atoms. The second-order valence-electron chi connectivity index (χ2n) is 9.16. The lowest BCUT2D eigenvalue weighted by Crippen LogP contribution is -2.41. The van der Waals surface area contributed by atoms with Gasteiger partial charge in [-0.2, -0.15) is 0 Å². The highest BCUT2D eigenvalue weighted by atomic mass is 35.5. The van der Waals surface area contributed by atoms with Gasteiger partial charge in [-0.1, -0.05) is 52.7 Å². The highest BCUT2D eigenvalue weighted by Crippen LogP contribution is 2.39. The van der Waals surface area contributed by atoms with E-state index in [0.717, 1.165) is 67.0 Å². The van der Waals surface area contributed by atoms with E-state index in [1.54, 1.807) is 0 Å². The van der Waals surface area contributed by atoms with Crippen LogP contribution in [-0.4, -0.2) is 29.5 Å². The Morgan fingerprint density at radius 2 is 1.91 bits per heavy atom. The van der Waals surface area contributed by atoms with E-state index in [1.807, 2.05) is 36.5 Å². The van der Waals surface area contributed by atoms with Crippen molar-refractivity contribution in [3.63, 3.8) is 0 Å². The van der Waals surface area contributed by atoms with Crippen LogP contribution in [0.25, 0.3) is 5.57 Å². The van der Waals surface area contributed by atoms with E-state index in [1.165, 1.54) is 11.1 Å². The molecule has 0 unspecified atom stereocenters. The summed E-state index contributed by atoms with van der Waals surface area (Å²) in [6.07, 6.45) is 6.48. The van der Waals surface area contributed by atoms with E-state index in [2.05, 4.69) is 52.3 Å². The normalized spacial score (nSPS) is 18.5. The van der Waals surface area contributed by atoms with Crippen molar-refractivity contribution in [1.29, 1.82) is 0 Å². The maximum absolute atomic E-state index is 11.9. The predicted molar refractivity (Wildman–Crippen MR) is 136 cm³/mol. The van der Waals surface area contributed by atoms with Crippen LogP contribution in [0.3, 0.4) is 0 Å². The number of rotatable bonds is 5. The van der Waals surface area contributed by atoms with E-state index < -0.39 is 5.54 Å². The van der Waals surface area contributed by atoms with Gasteiger partial charge < -0.3 is 9.64 Å². The van der Waals surface area contributed by atoms with Crippen LogP contribution in [0.2, 0.25) is 5.02 Å². The molecule has 0 N–H and O–H groups in total. The van der Waals surface area contributed by atoms with Crippen molar-refractivity contribution in [2.75, 3.05) is 19.6 Å². The van der Waals surface area contributed by atoms with Gasteiger partial charge >= 0.3 is 0 Å². The second kappa shape index (κ2) is 9.69. The van der Waals surface area contributed by atoms with Crippen LogP contribution in [0, 0.1) is 11.8 Å². The lowest BCUT2D eigenvalue weighted by Gasteiger charge is -2.37. The van der Waals surface area contributed by atoms with Gasteiger partial charge in [-0.3, -0.25) is 4.98 Å². The Hall–Kier alpha value is -3.02. The Morgan fingerprint density at radius 3 is 2.68 bits per heavy atom. The van der Waals surface area contributed by atoms with Crippen LogP contribution >= 0.6 is 11.6 Å². The first-order valence-electron chi connectivity index (χ1n) is 11.8. The molecule has 0 saturated carbocycles. The van der Waals surface area contributed by atoms with E-state index in [4.69, 9.17) is 16.3 Å². The molecule has 6 heteroatoms. The van der Waals surface area contributed by atoms with Gasteiger partial charge in [0, 0.05) is 42.0 Å². The topological polar surface area (TPSA) is 54.8 Å². The SMILES string of the molecule is Cc1ccc2c(c1)C(=CCCN1CCC(N=O)(c3ccc(Cl)cc3)CC1)c1cccnc1CO2. The van der Waals surface area contributed by atoms with E-state index in [0.29, 0.717) is 11.6 Å². The van der Waals surface area contributed by atoms with Gasteiger partial charge in [0.05, 0.1) is 5.69 Å². The fraction of sp³-hybridized carbons (Fsp3) is 0.321. The third-order valence-corrected chi connectivity index (χ3v) is 7.26. The maximum atomic E-state index is 11.9. The maximum Gasteiger partial charge on any atom is 0.131 e. The lowest BCUT2D eigenvalue weighted by atomic mass is 9.82. The van der Waals surface area contributed by atoms with Gasteiger partial charge in [0.1, 0.15) is 17.9 Å². The molecule has 0 radical (unpaired) electrons. The third kappa shape index (κ3) is 4.50. The van der Waals surface area contributed by atoms with Crippen molar-refractivity contribution >= 4 is 17.2 Å². The highest BCUT2D eigenvalue weighted by molar-refractivity contribution is 6.30. The highest BCUT2D eigenvalue weighted by Gasteiger charge is 2.37. The van der Waals surface area contributed by atoms with Gasteiger partial charge in [-0.05, 0) is 67.7 Å². The van der Waals surface area contributed by atoms with E-state index in [-0.39, 0.29) is 0 Å². The molecule has 3 aromatic rings. The molecule has 0 aliphatic carbocycles. The van der Waals surface area contributed by atoms with Crippen LogP contribution in [0.4, 0.5) is 0 Å². The number of piperidine rings is 1. The molecule has 2 aliphatic rings. The molecule has 174 valence electrons. The summed E-state index contributed by atoms with van der Waals surface area (Å²) in [6.45, 7) is 5.19. The fourth-order valence-corrected chi connectivity index (χ4v) is 5.15. The standard InChI is InChI=1S/C28H28ClN3O2/c1-20-6-11-27-25(18-20)23(24-4-2-14-30-26(24)19-34-27)5-3-15-32-16-12-28(31-33,13-17-32)21-7-9-22(29)10-8-21/h2,4-11,14,18H,3,12-13,15-17,19H2,1H3. The molecule has 0 spiro atoms. The summed E-state index contributed by atoms with van der Waals surface area (Å²) in [6, 6.07) is 18.0. The van der Waals surface area contributed by atoms with Gasteiger partial charge in [0.15, 0.2) is 0 Å². The van der Waals surface area contributed by atoms with Crippen molar-refractivity contribution in [1.82, 2.24) is 9.88 Å². The molecule has 1 aromatic heterocycles. The molecule has 2 aliphatic heterocycles. The molecular weight excluding hydrogens is 446 g/mol. The minimum atomic E-state index is -0.654. The summed E-state index contributed by atoms with van der Waals surface area (Å²) >= 11 is 6.03. The number of nitroso groups, excluding NO2 is 1. The quantitative estimate of drug-likeness (QED) is 0.396. The Kier molecular flexibility index (Phi) is 6.48. The average molecular weight is 474 g/mol. The van der Waals surface area contributed by atoms with Crippen molar-refractivity contribution in [2.45, 2.75) is 38.3 Å². The zero-order chi connectivity index (χ0) is 23.5. The number of fused-ring (bicyclic) bond motifs is 2. The van der Waals surface area contributed by atoms with Crippen molar-refractivity contribution in [3.8, 4) is 5.75 Å². The molecule has 1 fully saturated rings. The average Bonchev–Trinajstić information content (AvgIpc) is 3.02.